The maximum Gasteiger partial charge on any atom is 0.191 e. The summed E-state index contributed by atoms with van der Waals surface area (Å²) in [5.74, 6) is 1.47. The highest BCUT2D eigenvalue weighted by Gasteiger charge is 2.09. The molecule has 0 amide bonds. The van der Waals surface area contributed by atoms with Gasteiger partial charge in [0.25, 0.3) is 0 Å². The molecular weight excluding hydrogens is 486 g/mol. The molecule has 0 aliphatic carbocycles. The molecule has 160 valence electrons. The molecular formula is C21H30FIN4O2. The maximum atomic E-state index is 13.1. The zero-order chi connectivity index (χ0) is 19.4. The van der Waals surface area contributed by atoms with Gasteiger partial charge < -0.3 is 19.8 Å². The summed E-state index contributed by atoms with van der Waals surface area (Å²) in [6, 6.07) is 10.3. The van der Waals surface area contributed by atoms with E-state index in [1.165, 1.54) is 12.1 Å². The van der Waals surface area contributed by atoms with Crippen molar-refractivity contribution in [2.45, 2.75) is 19.4 Å². The number of nitrogens with one attached hydrogen (secondary N) is 2. The molecule has 2 heterocycles. The lowest BCUT2D eigenvalue weighted by atomic mass is 10.2. The Morgan fingerprint density at radius 2 is 1.83 bits per heavy atom. The van der Waals surface area contributed by atoms with E-state index in [2.05, 4.69) is 20.5 Å². The normalized spacial score (nSPS) is 15.0. The Hall–Kier alpha value is -1.65. The molecule has 0 saturated carbocycles. The first-order valence-corrected chi connectivity index (χ1v) is 9.89. The first kappa shape index (κ1) is 23.6. The van der Waals surface area contributed by atoms with Crippen molar-refractivity contribution in [2.24, 2.45) is 4.99 Å². The number of benzene rings is 1. The lowest BCUT2D eigenvalue weighted by Crippen LogP contribution is -2.41. The van der Waals surface area contributed by atoms with Gasteiger partial charge in [-0.25, -0.2) is 9.38 Å². The third-order valence-corrected chi connectivity index (χ3v) is 4.62. The zero-order valence-corrected chi connectivity index (χ0v) is 18.9. The van der Waals surface area contributed by atoms with Gasteiger partial charge in [-0.15, -0.1) is 24.0 Å². The Morgan fingerprint density at radius 1 is 1.07 bits per heavy atom. The Bertz CT molecular complexity index is 704. The second kappa shape index (κ2) is 13.6. The van der Waals surface area contributed by atoms with Crippen LogP contribution in [0.1, 0.15) is 17.7 Å². The van der Waals surface area contributed by atoms with Crippen LogP contribution in [-0.4, -0.2) is 56.8 Å². The molecule has 1 saturated heterocycles. The van der Waals surface area contributed by atoms with E-state index in [1.807, 2.05) is 12.1 Å². The highest BCUT2D eigenvalue weighted by atomic mass is 127. The minimum atomic E-state index is -0.231. The molecule has 1 aliphatic heterocycles. The summed E-state index contributed by atoms with van der Waals surface area (Å²) in [6.07, 6.45) is 3.51. The van der Waals surface area contributed by atoms with Crippen molar-refractivity contribution >= 4 is 29.9 Å². The molecule has 1 aromatic carbocycles. The van der Waals surface area contributed by atoms with Crippen LogP contribution in [0, 0.1) is 5.82 Å². The van der Waals surface area contributed by atoms with Gasteiger partial charge in [-0.3, -0.25) is 4.90 Å². The molecule has 6 nitrogen and oxygen atoms in total. The van der Waals surface area contributed by atoms with Crippen LogP contribution in [-0.2, 0) is 17.7 Å². The molecule has 2 aromatic rings. The van der Waals surface area contributed by atoms with Gasteiger partial charge in [0, 0.05) is 32.6 Å². The Labute approximate surface area is 188 Å². The third kappa shape index (κ3) is 9.14. The number of morpholine rings is 1. The number of hydrogen-bond acceptors (Lipinski definition) is 4. The molecule has 0 unspecified atom stereocenters. The van der Waals surface area contributed by atoms with E-state index in [4.69, 9.17) is 9.15 Å². The second-order valence-electron chi connectivity index (χ2n) is 6.78. The van der Waals surface area contributed by atoms with E-state index >= 15 is 0 Å². The van der Waals surface area contributed by atoms with Gasteiger partial charge in [-0.1, -0.05) is 12.1 Å². The Morgan fingerprint density at radius 3 is 2.55 bits per heavy atom. The molecule has 29 heavy (non-hydrogen) atoms. The van der Waals surface area contributed by atoms with Crippen molar-refractivity contribution in [3.8, 4) is 0 Å². The average Bonchev–Trinajstić information content (AvgIpc) is 3.24. The summed E-state index contributed by atoms with van der Waals surface area (Å²) in [6.45, 7) is 6.78. The minimum absolute atomic E-state index is 0. The predicted molar refractivity (Wildman–Crippen MR) is 123 cm³/mol. The van der Waals surface area contributed by atoms with Gasteiger partial charge in [0.05, 0.1) is 26.0 Å². The summed E-state index contributed by atoms with van der Waals surface area (Å²) in [7, 11) is 0. The van der Waals surface area contributed by atoms with Crippen molar-refractivity contribution in [3.05, 3.63) is 59.8 Å². The first-order valence-electron chi connectivity index (χ1n) is 9.89. The molecule has 0 radical (unpaired) electrons. The lowest BCUT2D eigenvalue weighted by Gasteiger charge is -2.26. The Balaban J connectivity index is 0.00000300. The van der Waals surface area contributed by atoms with E-state index in [0.717, 1.165) is 76.1 Å². The van der Waals surface area contributed by atoms with E-state index in [0.29, 0.717) is 6.54 Å². The largest absolute Gasteiger partial charge is 0.469 e. The van der Waals surface area contributed by atoms with Gasteiger partial charge in [-0.2, -0.15) is 0 Å². The van der Waals surface area contributed by atoms with Crippen LogP contribution in [0.5, 0.6) is 0 Å². The number of nitrogens with zero attached hydrogens (tertiary/aromatic N) is 2. The number of ether oxygens (including phenoxy) is 1. The molecule has 1 fully saturated rings. The van der Waals surface area contributed by atoms with Crippen molar-refractivity contribution < 1.29 is 13.5 Å². The van der Waals surface area contributed by atoms with E-state index in [1.54, 1.807) is 18.4 Å². The molecule has 0 bridgehead atoms. The van der Waals surface area contributed by atoms with Crippen molar-refractivity contribution in [1.82, 2.24) is 15.5 Å². The first-order chi connectivity index (χ1) is 13.8. The van der Waals surface area contributed by atoms with Crippen molar-refractivity contribution in [2.75, 3.05) is 45.9 Å². The van der Waals surface area contributed by atoms with Crippen molar-refractivity contribution in [3.63, 3.8) is 0 Å². The quantitative estimate of drug-likeness (QED) is 0.232. The summed E-state index contributed by atoms with van der Waals surface area (Å²) >= 11 is 0. The SMILES string of the molecule is Fc1ccc(CN=C(NCCCN2CCOCC2)NCCc2ccco2)cc1.I. The van der Waals surface area contributed by atoms with Crippen LogP contribution in [0.25, 0.3) is 0 Å². The number of hydrogen-bond donors (Lipinski definition) is 2. The molecule has 3 rings (SSSR count). The topological polar surface area (TPSA) is 62.0 Å². The smallest absolute Gasteiger partial charge is 0.191 e. The number of furan rings is 1. The molecule has 0 spiro atoms. The monoisotopic (exact) mass is 516 g/mol. The van der Waals surface area contributed by atoms with Crippen LogP contribution in [0.4, 0.5) is 4.39 Å². The van der Waals surface area contributed by atoms with E-state index in [9.17, 15) is 4.39 Å². The van der Waals surface area contributed by atoms with Gasteiger partial charge in [0.1, 0.15) is 11.6 Å². The molecule has 1 aliphatic rings. The van der Waals surface area contributed by atoms with Crippen LogP contribution < -0.4 is 10.6 Å². The van der Waals surface area contributed by atoms with Gasteiger partial charge >= 0.3 is 0 Å². The fourth-order valence-corrected chi connectivity index (χ4v) is 3.03. The van der Waals surface area contributed by atoms with E-state index in [-0.39, 0.29) is 29.8 Å². The van der Waals surface area contributed by atoms with Crippen LogP contribution >= 0.6 is 24.0 Å². The highest BCUT2D eigenvalue weighted by Crippen LogP contribution is 2.04. The van der Waals surface area contributed by atoms with Gasteiger partial charge in [0.2, 0.25) is 0 Å². The predicted octanol–water partition coefficient (Wildman–Crippen LogP) is 3.04. The zero-order valence-electron chi connectivity index (χ0n) is 16.6. The van der Waals surface area contributed by atoms with Crippen LogP contribution in [0.2, 0.25) is 0 Å². The minimum Gasteiger partial charge on any atom is -0.469 e. The molecule has 8 heteroatoms. The van der Waals surface area contributed by atoms with Crippen LogP contribution in [0.3, 0.4) is 0 Å². The number of rotatable bonds is 9. The fourth-order valence-electron chi connectivity index (χ4n) is 3.03. The summed E-state index contributed by atoms with van der Waals surface area (Å²) in [5.41, 5.74) is 0.974. The number of guanidine groups is 1. The molecule has 0 atom stereocenters. The summed E-state index contributed by atoms with van der Waals surface area (Å²) in [5, 5.41) is 6.75. The molecule has 1 aromatic heterocycles. The van der Waals surface area contributed by atoms with Gasteiger partial charge in [0.15, 0.2) is 5.96 Å². The second-order valence-corrected chi connectivity index (χ2v) is 6.78. The number of halogens is 2. The van der Waals surface area contributed by atoms with Crippen LogP contribution in [0.15, 0.2) is 52.1 Å². The number of aliphatic imine (C=N–C) groups is 1. The maximum absolute atomic E-state index is 13.1. The standard InChI is InChI=1S/C21H29FN4O2.HI/c22-19-6-4-18(5-7-19)17-25-21(24-10-8-20-3-1-14-28-20)23-9-2-11-26-12-15-27-16-13-26;/h1,3-7,14H,2,8-13,15-17H2,(H2,23,24,25);1H. The lowest BCUT2D eigenvalue weighted by molar-refractivity contribution is 0.0376. The summed E-state index contributed by atoms with van der Waals surface area (Å²) in [4.78, 5) is 7.06. The molecule has 2 N–H and O–H groups in total. The third-order valence-electron chi connectivity index (χ3n) is 4.62. The highest BCUT2D eigenvalue weighted by molar-refractivity contribution is 14.0. The summed E-state index contributed by atoms with van der Waals surface area (Å²) < 4.78 is 23.8. The Kier molecular flexibility index (Phi) is 11.0. The van der Waals surface area contributed by atoms with E-state index < -0.39 is 0 Å². The van der Waals surface area contributed by atoms with Gasteiger partial charge in [-0.05, 0) is 42.8 Å². The van der Waals surface area contributed by atoms with Crippen molar-refractivity contribution in [1.29, 1.82) is 0 Å². The fraction of sp³-hybridized carbons (Fsp3) is 0.476. The average molecular weight is 516 g/mol.